The van der Waals surface area contributed by atoms with Crippen LogP contribution < -0.4 is 10.1 Å². The minimum absolute atomic E-state index is 0.166. The number of carboxylic acids is 1. The molecular weight excluding hydrogens is 320 g/mol. The number of aromatic hydroxyl groups is 1. The van der Waals surface area contributed by atoms with Gasteiger partial charge in [0.05, 0.1) is 0 Å². The van der Waals surface area contributed by atoms with E-state index in [0.717, 1.165) is 24.2 Å². The highest BCUT2D eigenvalue weighted by atomic mass is 16.5. The van der Waals surface area contributed by atoms with Crippen molar-refractivity contribution in [3.8, 4) is 11.5 Å². The molecule has 3 rings (SSSR count). The van der Waals surface area contributed by atoms with Crippen LogP contribution in [-0.2, 0) is 4.79 Å². The Kier molecular flexibility index (Phi) is 5.64. The zero-order valence-corrected chi connectivity index (χ0v) is 16.1. The average molecular weight is 350 g/mol. The number of nitrogens with one attached hydrogen (secondary N) is 1. The molecule has 1 atom stereocenters. The number of hydrogen-bond donors (Lipinski definition) is 3. The van der Waals surface area contributed by atoms with Gasteiger partial charge in [-0.1, -0.05) is 0 Å². The maximum atomic E-state index is 11.5. The fourth-order valence-corrected chi connectivity index (χ4v) is 3.48. The molecule has 1 saturated heterocycles. The third-order valence-corrected chi connectivity index (χ3v) is 5.20. The van der Waals surface area contributed by atoms with Crippen LogP contribution in [0.2, 0.25) is 0 Å². The van der Waals surface area contributed by atoms with Crippen molar-refractivity contribution in [3.05, 3.63) is 22.3 Å². The summed E-state index contributed by atoms with van der Waals surface area (Å²) in [4.78, 5) is 13.8. The molecule has 0 bridgehead atoms. The number of nitrogens with zero attached hydrogens (tertiary/aromatic N) is 1. The maximum Gasteiger partial charge on any atom is 0.315 e. The molecule has 0 spiro atoms. The summed E-state index contributed by atoms with van der Waals surface area (Å²) >= 11 is 0. The predicted octanol–water partition coefficient (Wildman–Crippen LogP) is 2.18. The molecule has 1 aromatic carbocycles. The quantitative estimate of drug-likeness (QED) is 0.720. The Labute approximate surface area is 149 Å². The summed E-state index contributed by atoms with van der Waals surface area (Å²) in [6.07, 6.45) is 0. The van der Waals surface area contributed by atoms with Crippen LogP contribution in [0.4, 0.5) is 0 Å². The van der Waals surface area contributed by atoms with Crippen molar-refractivity contribution in [2.75, 3.05) is 33.2 Å². The second-order valence-electron chi connectivity index (χ2n) is 7.50. The van der Waals surface area contributed by atoms with Crippen molar-refractivity contribution in [1.29, 1.82) is 0 Å². The Morgan fingerprint density at radius 3 is 2.16 bits per heavy atom. The van der Waals surface area contributed by atoms with Crippen LogP contribution in [0.1, 0.15) is 42.0 Å². The van der Waals surface area contributed by atoms with Gasteiger partial charge in [0.2, 0.25) is 0 Å². The summed E-state index contributed by atoms with van der Waals surface area (Å²) < 4.78 is 5.82. The SMILES string of the molecule is CN1CCNCC1.Cc1c(C)c2c(c(C)c1O)C(C(=O)O)C(C)(C)O2. The predicted molar refractivity (Wildman–Crippen MR) is 97.8 cm³/mol. The van der Waals surface area contributed by atoms with Gasteiger partial charge in [0.1, 0.15) is 23.0 Å². The summed E-state index contributed by atoms with van der Waals surface area (Å²) in [5, 5.41) is 22.8. The van der Waals surface area contributed by atoms with Crippen molar-refractivity contribution in [2.45, 2.75) is 46.1 Å². The second-order valence-corrected chi connectivity index (χ2v) is 7.50. The molecule has 0 amide bonds. The lowest BCUT2D eigenvalue weighted by atomic mass is 9.83. The number of carboxylic acid groups (broad SMARTS) is 1. The topological polar surface area (TPSA) is 82.0 Å². The van der Waals surface area contributed by atoms with E-state index in [-0.39, 0.29) is 5.75 Å². The van der Waals surface area contributed by atoms with Gasteiger partial charge in [0.15, 0.2) is 0 Å². The first-order valence-electron chi connectivity index (χ1n) is 8.71. The molecule has 25 heavy (non-hydrogen) atoms. The third kappa shape index (κ3) is 3.75. The van der Waals surface area contributed by atoms with Crippen molar-refractivity contribution in [2.24, 2.45) is 0 Å². The number of fused-ring (bicyclic) bond motifs is 1. The molecule has 2 heterocycles. The zero-order valence-electron chi connectivity index (χ0n) is 16.1. The third-order valence-electron chi connectivity index (χ3n) is 5.20. The van der Waals surface area contributed by atoms with Gasteiger partial charge in [-0.15, -0.1) is 0 Å². The second kappa shape index (κ2) is 7.22. The number of carbonyl (C=O) groups is 1. The highest BCUT2D eigenvalue weighted by molar-refractivity contribution is 5.82. The Bertz CT molecular complexity index is 664. The lowest BCUT2D eigenvalue weighted by Crippen LogP contribution is -2.40. The lowest BCUT2D eigenvalue weighted by Gasteiger charge is -2.23. The van der Waals surface area contributed by atoms with Gasteiger partial charge in [-0.3, -0.25) is 4.79 Å². The highest BCUT2D eigenvalue weighted by Crippen LogP contribution is 2.51. The van der Waals surface area contributed by atoms with Crippen LogP contribution in [-0.4, -0.2) is 59.9 Å². The molecular formula is C19H30N2O4. The first kappa shape index (κ1) is 19.5. The van der Waals surface area contributed by atoms with E-state index in [1.165, 1.54) is 13.1 Å². The summed E-state index contributed by atoms with van der Waals surface area (Å²) in [7, 11) is 2.15. The van der Waals surface area contributed by atoms with Crippen molar-refractivity contribution >= 4 is 5.97 Å². The summed E-state index contributed by atoms with van der Waals surface area (Å²) in [6.45, 7) is 13.7. The monoisotopic (exact) mass is 350 g/mol. The number of likely N-dealkylation sites (N-methyl/N-ethyl adjacent to an activating group) is 1. The Balaban J connectivity index is 0.000000269. The molecule has 1 aromatic rings. The summed E-state index contributed by atoms with van der Waals surface area (Å²) in [5.41, 5.74) is 1.96. The molecule has 2 aliphatic heterocycles. The first-order chi connectivity index (χ1) is 11.6. The molecule has 0 saturated carbocycles. The van der Waals surface area contributed by atoms with Crippen molar-refractivity contribution in [1.82, 2.24) is 10.2 Å². The van der Waals surface area contributed by atoms with Crippen LogP contribution >= 0.6 is 0 Å². The molecule has 1 fully saturated rings. The normalized spacial score (nSPS) is 21.8. The van der Waals surface area contributed by atoms with E-state index < -0.39 is 17.5 Å². The van der Waals surface area contributed by atoms with Gasteiger partial charge in [0, 0.05) is 31.7 Å². The number of hydrogen-bond acceptors (Lipinski definition) is 5. The number of phenolic OH excluding ortho intramolecular Hbond substituents is 1. The standard InChI is InChI=1S/C14H18O4.C5H12N2/c1-6-7(2)12-9(8(3)11(6)15)10(13(16)17)14(4,5)18-12;1-7-4-2-6-3-5-7/h10,15H,1-5H3,(H,16,17);6H,2-5H2,1H3. The number of aliphatic carboxylic acids is 1. The first-order valence-corrected chi connectivity index (χ1v) is 8.71. The number of piperazine rings is 1. The Hall–Kier alpha value is -1.79. The van der Waals surface area contributed by atoms with E-state index in [1.54, 1.807) is 20.8 Å². The highest BCUT2D eigenvalue weighted by Gasteiger charge is 2.48. The number of phenols is 1. The van der Waals surface area contributed by atoms with Crippen LogP contribution in [0, 0.1) is 20.8 Å². The zero-order chi connectivity index (χ0) is 18.9. The summed E-state index contributed by atoms with van der Waals surface area (Å²) in [6, 6.07) is 0. The van der Waals surface area contributed by atoms with Gasteiger partial charge in [-0.2, -0.15) is 0 Å². The van der Waals surface area contributed by atoms with Crippen molar-refractivity contribution in [3.63, 3.8) is 0 Å². The van der Waals surface area contributed by atoms with Crippen LogP contribution in [0.25, 0.3) is 0 Å². The Morgan fingerprint density at radius 2 is 1.72 bits per heavy atom. The molecule has 0 aromatic heterocycles. The fourth-order valence-electron chi connectivity index (χ4n) is 3.48. The molecule has 3 N–H and O–H groups in total. The van der Waals surface area contributed by atoms with Gasteiger partial charge in [0.25, 0.3) is 0 Å². The summed E-state index contributed by atoms with van der Waals surface area (Å²) in [5.74, 6) is -0.902. The van der Waals surface area contributed by atoms with Gasteiger partial charge in [-0.05, 0) is 58.4 Å². The van der Waals surface area contributed by atoms with Crippen molar-refractivity contribution < 1.29 is 19.7 Å². The molecule has 6 nitrogen and oxygen atoms in total. The van der Waals surface area contributed by atoms with E-state index in [0.29, 0.717) is 16.9 Å². The lowest BCUT2D eigenvalue weighted by molar-refractivity contribution is -0.142. The van der Waals surface area contributed by atoms with Crippen LogP contribution in [0.5, 0.6) is 11.5 Å². The maximum absolute atomic E-state index is 11.5. The molecule has 140 valence electrons. The van der Waals surface area contributed by atoms with Gasteiger partial charge in [-0.25, -0.2) is 0 Å². The van der Waals surface area contributed by atoms with Crippen LogP contribution in [0.15, 0.2) is 0 Å². The van der Waals surface area contributed by atoms with Crippen LogP contribution in [0.3, 0.4) is 0 Å². The average Bonchev–Trinajstić information content (AvgIpc) is 2.84. The van der Waals surface area contributed by atoms with E-state index in [2.05, 4.69) is 17.3 Å². The van der Waals surface area contributed by atoms with Gasteiger partial charge < -0.3 is 25.2 Å². The minimum Gasteiger partial charge on any atom is -0.507 e. The smallest absolute Gasteiger partial charge is 0.315 e. The number of benzene rings is 1. The number of rotatable bonds is 1. The molecule has 0 radical (unpaired) electrons. The molecule has 6 heteroatoms. The number of ether oxygens (including phenoxy) is 1. The fraction of sp³-hybridized carbons (Fsp3) is 0.632. The molecule has 2 aliphatic rings. The van der Waals surface area contributed by atoms with E-state index in [9.17, 15) is 15.0 Å². The minimum atomic E-state index is -0.926. The molecule has 1 unspecified atom stereocenters. The molecule has 0 aliphatic carbocycles. The Morgan fingerprint density at radius 1 is 1.16 bits per heavy atom. The largest absolute Gasteiger partial charge is 0.507 e. The van der Waals surface area contributed by atoms with E-state index in [1.807, 2.05) is 13.8 Å². The van der Waals surface area contributed by atoms with E-state index in [4.69, 9.17) is 4.74 Å². The van der Waals surface area contributed by atoms with E-state index >= 15 is 0 Å². The van der Waals surface area contributed by atoms with Gasteiger partial charge >= 0.3 is 5.97 Å².